The first kappa shape index (κ1) is 9.91. The summed E-state index contributed by atoms with van der Waals surface area (Å²) in [4.78, 5) is 0. The van der Waals surface area contributed by atoms with Crippen LogP contribution in [0.1, 0.15) is 19.3 Å². The fourth-order valence-electron chi connectivity index (χ4n) is 1.20. The summed E-state index contributed by atoms with van der Waals surface area (Å²) in [6.45, 7) is -0.475. The summed E-state index contributed by atoms with van der Waals surface area (Å²) in [5.41, 5.74) is 0. The molecule has 6 heteroatoms. The van der Waals surface area contributed by atoms with E-state index in [1.54, 1.807) is 0 Å². The van der Waals surface area contributed by atoms with E-state index in [0.29, 0.717) is 12.8 Å². The van der Waals surface area contributed by atoms with Gasteiger partial charge in [0.15, 0.2) is 0 Å². The van der Waals surface area contributed by atoms with Crippen molar-refractivity contribution in [3.63, 3.8) is 0 Å². The van der Waals surface area contributed by atoms with E-state index in [9.17, 15) is 8.42 Å². The molecule has 0 aromatic carbocycles. The molecule has 5 nitrogen and oxygen atoms in total. The standard InChI is InChI=1S/C6H12O5S/c7-4-5(8)3-6(1-2-6)12(9,10)11/h5,7-8H,1-4H2,(H,9,10,11). The van der Waals surface area contributed by atoms with Gasteiger partial charge in [0, 0.05) is 0 Å². The van der Waals surface area contributed by atoms with E-state index in [4.69, 9.17) is 14.8 Å². The van der Waals surface area contributed by atoms with Crippen molar-refractivity contribution in [2.24, 2.45) is 0 Å². The number of hydrogen-bond donors (Lipinski definition) is 3. The first-order chi connectivity index (χ1) is 5.41. The molecule has 1 saturated carbocycles. The van der Waals surface area contributed by atoms with Crippen LogP contribution in [0.25, 0.3) is 0 Å². The van der Waals surface area contributed by atoms with Gasteiger partial charge in [0.25, 0.3) is 10.1 Å². The molecule has 0 saturated heterocycles. The Hall–Kier alpha value is -0.170. The maximum atomic E-state index is 10.7. The second-order valence-corrected chi connectivity index (χ2v) is 5.01. The van der Waals surface area contributed by atoms with Gasteiger partial charge >= 0.3 is 0 Å². The Bertz CT molecular complexity index is 253. The minimum absolute atomic E-state index is 0.0810. The van der Waals surface area contributed by atoms with Crippen molar-refractivity contribution in [2.75, 3.05) is 6.61 Å². The second-order valence-electron chi connectivity index (χ2n) is 3.20. The Balaban J connectivity index is 2.63. The zero-order chi connectivity index (χ0) is 9.41. The summed E-state index contributed by atoms with van der Waals surface area (Å²) < 4.78 is 29.0. The Morgan fingerprint density at radius 3 is 2.17 bits per heavy atom. The van der Waals surface area contributed by atoms with Crippen molar-refractivity contribution in [2.45, 2.75) is 30.1 Å². The maximum absolute atomic E-state index is 10.7. The molecule has 1 aliphatic carbocycles. The Morgan fingerprint density at radius 2 is 1.92 bits per heavy atom. The Kier molecular flexibility index (Phi) is 2.44. The topological polar surface area (TPSA) is 94.8 Å². The monoisotopic (exact) mass is 196 g/mol. The van der Waals surface area contributed by atoms with Crippen molar-refractivity contribution >= 4 is 10.1 Å². The lowest BCUT2D eigenvalue weighted by Crippen LogP contribution is -2.29. The lowest BCUT2D eigenvalue weighted by molar-refractivity contribution is 0.0851. The van der Waals surface area contributed by atoms with Crippen molar-refractivity contribution < 1.29 is 23.2 Å². The maximum Gasteiger partial charge on any atom is 0.270 e. The number of aliphatic hydroxyl groups excluding tert-OH is 2. The van der Waals surface area contributed by atoms with Crippen LogP contribution in [0.5, 0.6) is 0 Å². The van der Waals surface area contributed by atoms with Crippen LogP contribution in [-0.2, 0) is 10.1 Å². The summed E-state index contributed by atoms with van der Waals surface area (Å²) in [5.74, 6) is 0. The summed E-state index contributed by atoms with van der Waals surface area (Å²) in [7, 11) is -4.07. The van der Waals surface area contributed by atoms with Crippen LogP contribution >= 0.6 is 0 Å². The third-order valence-electron chi connectivity index (χ3n) is 2.17. The highest BCUT2D eigenvalue weighted by Crippen LogP contribution is 2.46. The highest BCUT2D eigenvalue weighted by atomic mass is 32.2. The zero-order valence-electron chi connectivity index (χ0n) is 6.47. The SMILES string of the molecule is O=S(=O)(O)C1(CC(O)CO)CC1. The molecule has 1 rings (SSSR count). The molecule has 1 atom stereocenters. The molecule has 0 aliphatic heterocycles. The largest absolute Gasteiger partial charge is 0.394 e. The van der Waals surface area contributed by atoms with Crippen molar-refractivity contribution in [3.8, 4) is 0 Å². The van der Waals surface area contributed by atoms with E-state index < -0.39 is 27.6 Å². The number of aliphatic hydroxyl groups is 2. The predicted molar refractivity (Wildman–Crippen MR) is 41.2 cm³/mol. The smallest absolute Gasteiger partial charge is 0.270 e. The normalized spacial score (nSPS) is 23.6. The molecule has 0 amide bonds. The predicted octanol–water partition coefficient (Wildman–Crippen LogP) is -0.850. The first-order valence-electron chi connectivity index (χ1n) is 3.67. The van der Waals surface area contributed by atoms with Crippen molar-refractivity contribution in [1.29, 1.82) is 0 Å². The fourth-order valence-corrected chi connectivity index (χ4v) is 2.22. The average molecular weight is 196 g/mol. The minimum Gasteiger partial charge on any atom is -0.394 e. The van der Waals surface area contributed by atoms with Crippen molar-refractivity contribution in [3.05, 3.63) is 0 Å². The molecule has 3 N–H and O–H groups in total. The van der Waals surface area contributed by atoms with Gasteiger partial charge in [0.2, 0.25) is 0 Å². The molecule has 12 heavy (non-hydrogen) atoms. The molecule has 0 spiro atoms. The molecule has 0 heterocycles. The lowest BCUT2D eigenvalue weighted by Gasteiger charge is -2.14. The molecule has 72 valence electrons. The summed E-state index contributed by atoms with van der Waals surface area (Å²) >= 11 is 0. The van der Waals surface area contributed by atoms with Crippen molar-refractivity contribution in [1.82, 2.24) is 0 Å². The molecule has 0 bridgehead atoms. The van der Waals surface area contributed by atoms with Gasteiger partial charge in [-0.3, -0.25) is 4.55 Å². The van der Waals surface area contributed by atoms with E-state index >= 15 is 0 Å². The van der Waals surface area contributed by atoms with Gasteiger partial charge in [-0.25, -0.2) is 0 Å². The fraction of sp³-hybridized carbons (Fsp3) is 1.00. The van der Waals surface area contributed by atoms with Gasteiger partial charge in [0.1, 0.15) is 4.75 Å². The molecule has 1 unspecified atom stereocenters. The van der Waals surface area contributed by atoms with Gasteiger partial charge in [-0.05, 0) is 19.3 Å². The van der Waals surface area contributed by atoms with E-state index in [-0.39, 0.29) is 6.42 Å². The van der Waals surface area contributed by atoms with Crippen LogP contribution in [-0.4, -0.2) is 40.6 Å². The van der Waals surface area contributed by atoms with Crippen LogP contribution in [0.3, 0.4) is 0 Å². The van der Waals surface area contributed by atoms with Crippen LogP contribution < -0.4 is 0 Å². The summed E-state index contributed by atoms with van der Waals surface area (Å²) in [6.07, 6.45) is -0.414. The Labute approximate surface area is 70.8 Å². The quantitative estimate of drug-likeness (QED) is 0.509. The lowest BCUT2D eigenvalue weighted by atomic mass is 10.2. The zero-order valence-corrected chi connectivity index (χ0v) is 7.29. The van der Waals surface area contributed by atoms with Gasteiger partial charge in [0.05, 0.1) is 12.7 Å². The summed E-state index contributed by atoms with van der Waals surface area (Å²) in [5, 5.41) is 17.4. The first-order valence-corrected chi connectivity index (χ1v) is 5.11. The highest BCUT2D eigenvalue weighted by Gasteiger charge is 2.54. The van der Waals surface area contributed by atoms with Crippen LogP contribution in [0, 0.1) is 0 Å². The van der Waals surface area contributed by atoms with Crippen LogP contribution in [0.4, 0.5) is 0 Å². The minimum atomic E-state index is -4.07. The molecule has 0 aromatic heterocycles. The summed E-state index contributed by atoms with van der Waals surface area (Å²) in [6, 6.07) is 0. The van der Waals surface area contributed by atoms with Crippen LogP contribution in [0.2, 0.25) is 0 Å². The van der Waals surface area contributed by atoms with Gasteiger partial charge < -0.3 is 10.2 Å². The van der Waals surface area contributed by atoms with Crippen LogP contribution in [0.15, 0.2) is 0 Å². The molecular formula is C6H12O5S. The van der Waals surface area contributed by atoms with Gasteiger partial charge in [-0.15, -0.1) is 0 Å². The molecule has 0 radical (unpaired) electrons. The number of rotatable bonds is 4. The third-order valence-corrected chi connectivity index (χ3v) is 3.84. The molecular weight excluding hydrogens is 184 g/mol. The van der Waals surface area contributed by atoms with E-state index in [0.717, 1.165) is 0 Å². The highest BCUT2D eigenvalue weighted by molar-refractivity contribution is 7.87. The third kappa shape index (κ3) is 1.77. The van der Waals surface area contributed by atoms with E-state index in [1.807, 2.05) is 0 Å². The Morgan fingerprint density at radius 1 is 1.42 bits per heavy atom. The molecule has 1 aliphatic rings. The van der Waals surface area contributed by atoms with Gasteiger partial charge in [-0.1, -0.05) is 0 Å². The second kappa shape index (κ2) is 2.95. The molecule has 0 aromatic rings. The van der Waals surface area contributed by atoms with E-state index in [1.165, 1.54) is 0 Å². The average Bonchev–Trinajstić information content (AvgIpc) is 2.67. The van der Waals surface area contributed by atoms with E-state index in [2.05, 4.69) is 0 Å². The number of hydrogen-bond acceptors (Lipinski definition) is 4. The molecule has 1 fully saturated rings. The van der Waals surface area contributed by atoms with Gasteiger partial charge in [-0.2, -0.15) is 8.42 Å².